The molecular weight excluding hydrogens is 328 g/mol. The lowest BCUT2D eigenvalue weighted by Crippen LogP contribution is -2.59. The van der Waals surface area contributed by atoms with Crippen LogP contribution in [0.3, 0.4) is 0 Å². The first-order valence-corrected chi connectivity index (χ1v) is 9.03. The number of hydrogen-bond donors (Lipinski definition) is 0. The van der Waals surface area contributed by atoms with Gasteiger partial charge in [-0.1, -0.05) is 44.2 Å². The third-order valence-electron chi connectivity index (χ3n) is 4.69. The van der Waals surface area contributed by atoms with Crippen molar-refractivity contribution < 1.29 is 9.59 Å². The maximum atomic E-state index is 12.8. The third kappa shape index (κ3) is 3.95. The Hall–Kier alpha value is -2.63. The Morgan fingerprint density at radius 1 is 1.19 bits per heavy atom. The molecule has 138 valence electrons. The molecule has 6 heteroatoms. The molecular formula is C20H26N4O2. The predicted molar refractivity (Wildman–Crippen MR) is 99.2 cm³/mol. The van der Waals surface area contributed by atoms with Crippen LogP contribution in [-0.4, -0.2) is 50.8 Å². The molecule has 0 spiro atoms. The van der Waals surface area contributed by atoms with Crippen molar-refractivity contribution >= 4 is 11.8 Å². The van der Waals surface area contributed by atoms with E-state index in [0.29, 0.717) is 18.9 Å². The fourth-order valence-corrected chi connectivity index (χ4v) is 3.38. The van der Waals surface area contributed by atoms with Crippen LogP contribution in [0.1, 0.15) is 25.1 Å². The minimum atomic E-state index is -0.481. The van der Waals surface area contributed by atoms with Crippen molar-refractivity contribution in [1.82, 2.24) is 19.4 Å². The molecule has 3 rings (SSSR count). The van der Waals surface area contributed by atoms with Gasteiger partial charge in [0, 0.05) is 26.2 Å². The van der Waals surface area contributed by atoms with E-state index in [4.69, 9.17) is 0 Å². The Balaban J connectivity index is 1.85. The lowest BCUT2D eigenvalue weighted by atomic mass is 10.0. The van der Waals surface area contributed by atoms with E-state index in [1.54, 1.807) is 24.5 Å². The highest BCUT2D eigenvalue weighted by molar-refractivity contribution is 5.94. The number of rotatable bonds is 6. The van der Waals surface area contributed by atoms with Crippen LogP contribution in [0.4, 0.5) is 0 Å². The standard InChI is InChI=1S/C20H26N4O2/c1-15(2)11-23-14-21-10-17(23)12-24-18(9-16-7-5-4-6-8-16)20(26)22(3)13-19(24)25/h4-8,10,14-15,18H,9,11-13H2,1-3H3/t18-/m0/s1. The van der Waals surface area contributed by atoms with Crippen LogP contribution in [-0.2, 0) is 29.1 Å². The van der Waals surface area contributed by atoms with Crippen LogP contribution >= 0.6 is 0 Å². The van der Waals surface area contributed by atoms with Crippen molar-refractivity contribution in [3.63, 3.8) is 0 Å². The molecule has 1 aliphatic heterocycles. The molecule has 0 unspecified atom stereocenters. The molecule has 1 atom stereocenters. The van der Waals surface area contributed by atoms with Gasteiger partial charge in [0.25, 0.3) is 0 Å². The summed E-state index contributed by atoms with van der Waals surface area (Å²) in [7, 11) is 1.69. The SMILES string of the molecule is CC(C)Cn1cncc1CN1C(=O)CN(C)C(=O)[C@@H]1Cc1ccccc1. The summed E-state index contributed by atoms with van der Waals surface area (Å²) in [6.45, 7) is 5.67. The van der Waals surface area contributed by atoms with E-state index in [1.165, 1.54) is 4.90 Å². The average molecular weight is 354 g/mol. The summed E-state index contributed by atoms with van der Waals surface area (Å²) in [6.07, 6.45) is 4.11. The molecule has 1 aromatic carbocycles. The molecule has 2 heterocycles. The minimum Gasteiger partial charge on any atom is -0.335 e. The molecule has 1 fully saturated rings. The molecule has 0 aliphatic carbocycles. The van der Waals surface area contributed by atoms with Crippen LogP contribution in [0, 0.1) is 5.92 Å². The highest BCUT2D eigenvalue weighted by Gasteiger charge is 2.38. The Morgan fingerprint density at radius 2 is 1.92 bits per heavy atom. The van der Waals surface area contributed by atoms with Crippen molar-refractivity contribution in [1.29, 1.82) is 0 Å². The normalized spacial score (nSPS) is 18.1. The first-order valence-electron chi connectivity index (χ1n) is 9.03. The number of amides is 2. The van der Waals surface area contributed by atoms with Gasteiger partial charge in [-0.3, -0.25) is 9.59 Å². The second kappa shape index (κ2) is 7.72. The maximum Gasteiger partial charge on any atom is 0.245 e. The largest absolute Gasteiger partial charge is 0.335 e. The minimum absolute atomic E-state index is 0.0108. The van der Waals surface area contributed by atoms with Gasteiger partial charge in [0.1, 0.15) is 6.04 Å². The second-order valence-electron chi connectivity index (χ2n) is 7.35. The summed E-state index contributed by atoms with van der Waals surface area (Å²) in [5, 5.41) is 0. The van der Waals surface area contributed by atoms with Gasteiger partial charge in [-0.15, -0.1) is 0 Å². The van der Waals surface area contributed by atoms with E-state index >= 15 is 0 Å². The molecule has 0 bridgehead atoms. The van der Waals surface area contributed by atoms with Gasteiger partial charge in [0.2, 0.25) is 11.8 Å². The molecule has 0 saturated carbocycles. The van der Waals surface area contributed by atoms with Crippen molar-refractivity contribution in [3.8, 4) is 0 Å². The van der Waals surface area contributed by atoms with E-state index in [1.807, 2.05) is 30.3 Å². The van der Waals surface area contributed by atoms with Gasteiger partial charge in [-0.2, -0.15) is 0 Å². The van der Waals surface area contributed by atoms with Crippen molar-refractivity contribution in [2.24, 2.45) is 5.92 Å². The molecule has 1 aromatic heterocycles. The fraction of sp³-hybridized carbons (Fsp3) is 0.450. The molecule has 0 N–H and O–H groups in total. The molecule has 2 aromatic rings. The Bertz CT molecular complexity index is 769. The summed E-state index contributed by atoms with van der Waals surface area (Å²) in [6, 6.07) is 9.37. The van der Waals surface area contributed by atoms with Gasteiger partial charge in [-0.05, 0) is 11.5 Å². The summed E-state index contributed by atoms with van der Waals surface area (Å²) in [5.41, 5.74) is 2.01. The fourth-order valence-electron chi connectivity index (χ4n) is 3.38. The molecule has 2 amide bonds. The zero-order chi connectivity index (χ0) is 18.7. The summed E-state index contributed by atoms with van der Waals surface area (Å²) in [4.78, 5) is 33.0. The number of carbonyl (C=O) groups excluding carboxylic acids is 2. The lowest BCUT2D eigenvalue weighted by molar-refractivity contribution is -0.155. The van der Waals surface area contributed by atoms with Crippen molar-refractivity contribution in [2.75, 3.05) is 13.6 Å². The van der Waals surface area contributed by atoms with Crippen LogP contribution in [0.15, 0.2) is 42.9 Å². The molecule has 0 radical (unpaired) electrons. The highest BCUT2D eigenvalue weighted by atomic mass is 16.2. The van der Waals surface area contributed by atoms with Crippen LogP contribution < -0.4 is 0 Å². The van der Waals surface area contributed by atoms with Crippen molar-refractivity contribution in [3.05, 3.63) is 54.1 Å². The number of hydrogen-bond acceptors (Lipinski definition) is 3. The zero-order valence-electron chi connectivity index (χ0n) is 15.6. The summed E-state index contributed by atoms with van der Waals surface area (Å²) < 4.78 is 2.07. The number of piperazine rings is 1. The maximum absolute atomic E-state index is 12.8. The smallest absolute Gasteiger partial charge is 0.245 e. The second-order valence-corrected chi connectivity index (χ2v) is 7.35. The first kappa shape index (κ1) is 18.2. The number of benzene rings is 1. The zero-order valence-corrected chi connectivity index (χ0v) is 15.6. The Morgan fingerprint density at radius 3 is 2.62 bits per heavy atom. The quantitative estimate of drug-likeness (QED) is 0.797. The van der Waals surface area contributed by atoms with Gasteiger partial charge >= 0.3 is 0 Å². The van der Waals surface area contributed by atoms with E-state index < -0.39 is 6.04 Å². The van der Waals surface area contributed by atoms with E-state index in [-0.39, 0.29) is 18.4 Å². The van der Waals surface area contributed by atoms with Crippen LogP contribution in [0.5, 0.6) is 0 Å². The third-order valence-corrected chi connectivity index (χ3v) is 4.69. The average Bonchev–Trinajstić information content (AvgIpc) is 3.03. The molecule has 6 nitrogen and oxygen atoms in total. The number of likely N-dealkylation sites (N-methyl/N-ethyl adjacent to an activating group) is 1. The highest BCUT2D eigenvalue weighted by Crippen LogP contribution is 2.20. The summed E-state index contributed by atoms with van der Waals surface area (Å²) >= 11 is 0. The van der Waals surface area contributed by atoms with E-state index in [9.17, 15) is 9.59 Å². The number of carbonyl (C=O) groups is 2. The summed E-state index contributed by atoms with van der Waals surface area (Å²) in [5.74, 6) is 0.446. The van der Waals surface area contributed by atoms with Crippen LogP contribution in [0.2, 0.25) is 0 Å². The predicted octanol–water partition coefficient (Wildman–Crippen LogP) is 1.95. The Labute approximate surface area is 154 Å². The monoisotopic (exact) mass is 354 g/mol. The van der Waals surface area contributed by atoms with Crippen LogP contribution in [0.25, 0.3) is 0 Å². The number of nitrogens with zero attached hydrogens (tertiary/aromatic N) is 4. The number of imidazole rings is 1. The van der Waals surface area contributed by atoms with Gasteiger partial charge < -0.3 is 14.4 Å². The lowest BCUT2D eigenvalue weighted by Gasteiger charge is -2.39. The first-order chi connectivity index (χ1) is 12.5. The number of aromatic nitrogens is 2. The van der Waals surface area contributed by atoms with Gasteiger partial charge in [0.15, 0.2) is 0 Å². The van der Waals surface area contributed by atoms with E-state index in [0.717, 1.165) is 17.8 Å². The molecule has 1 saturated heterocycles. The Kier molecular flexibility index (Phi) is 5.40. The molecule has 1 aliphatic rings. The van der Waals surface area contributed by atoms with Gasteiger partial charge in [0.05, 0.1) is 25.1 Å². The van der Waals surface area contributed by atoms with Gasteiger partial charge in [-0.25, -0.2) is 4.98 Å². The van der Waals surface area contributed by atoms with E-state index in [2.05, 4.69) is 23.4 Å². The molecule has 26 heavy (non-hydrogen) atoms. The van der Waals surface area contributed by atoms with Crippen molar-refractivity contribution in [2.45, 2.75) is 39.4 Å². The topological polar surface area (TPSA) is 58.4 Å².